The number of allylic oxidation sites excluding steroid dienone is 1. The van der Waals surface area contributed by atoms with Crippen molar-refractivity contribution >= 4 is 23.1 Å². The fourth-order valence-electron chi connectivity index (χ4n) is 3.19. The Morgan fingerprint density at radius 3 is 2.50 bits per heavy atom. The lowest BCUT2D eigenvalue weighted by atomic mass is 10.0. The summed E-state index contributed by atoms with van der Waals surface area (Å²) < 4.78 is 46.7. The Labute approximate surface area is 165 Å². The van der Waals surface area contributed by atoms with E-state index in [1.165, 1.54) is 24.3 Å². The quantitative estimate of drug-likeness (QED) is 0.631. The first-order valence-corrected chi connectivity index (χ1v) is 9.09. The predicted molar refractivity (Wildman–Crippen MR) is 100 cm³/mol. The number of rotatable bonds is 7. The summed E-state index contributed by atoms with van der Waals surface area (Å²) in [6.45, 7) is -0.0346. The fraction of sp³-hybridized carbons (Fsp3) is 0.286. The van der Waals surface area contributed by atoms with Gasteiger partial charge in [-0.2, -0.15) is 0 Å². The molecule has 1 aliphatic carbocycles. The molecule has 0 saturated heterocycles. The highest BCUT2D eigenvalue weighted by atomic mass is 35.5. The molecule has 0 spiro atoms. The number of carboxylic acid groups (broad SMARTS) is 1. The van der Waals surface area contributed by atoms with Crippen LogP contribution in [-0.4, -0.2) is 23.6 Å². The summed E-state index contributed by atoms with van der Waals surface area (Å²) in [6.07, 6.45) is -0.570. The number of carboxylic acids is 1. The lowest BCUT2D eigenvalue weighted by molar-refractivity contribution is -0.136. The maximum Gasteiger partial charge on any atom is 0.303 e. The monoisotopic (exact) mass is 410 g/mol. The van der Waals surface area contributed by atoms with Crippen LogP contribution in [0.1, 0.15) is 30.4 Å². The number of benzene rings is 2. The van der Waals surface area contributed by atoms with Gasteiger partial charge in [-0.1, -0.05) is 29.8 Å². The molecule has 148 valence electrons. The van der Waals surface area contributed by atoms with Crippen molar-refractivity contribution in [2.75, 3.05) is 6.61 Å². The van der Waals surface area contributed by atoms with Crippen LogP contribution < -0.4 is 4.74 Å². The smallest absolute Gasteiger partial charge is 0.303 e. The molecule has 1 N–H and O–H groups in total. The molecule has 0 radical (unpaired) electrons. The molecule has 0 aliphatic heterocycles. The maximum absolute atomic E-state index is 14.0. The number of aliphatic carboxylic acids is 1. The van der Waals surface area contributed by atoms with Gasteiger partial charge in [-0.25, -0.2) is 13.2 Å². The van der Waals surface area contributed by atoms with Crippen LogP contribution in [-0.2, 0) is 11.2 Å². The third kappa shape index (κ3) is 5.07. The Balaban J connectivity index is 1.74. The van der Waals surface area contributed by atoms with Gasteiger partial charge in [-0.05, 0) is 53.0 Å². The van der Waals surface area contributed by atoms with Crippen LogP contribution in [0.4, 0.5) is 13.2 Å². The minimum atomic E-state index is -2.86. The van der Waals surface area contributed by atoms with E-state index < -0.39 is 30.6 Å². The van der Waals surface area contributed by atoms with E-state index in [0.29, 0.717) is 39.5 Å². The molecule has 7 heteroatoms. The van der Waals surface area contributed by atoms with Gasteiger partial charge in [0.1, 0.15) is 18.2 Å². The molecule has 0 unspecified atom stereocenters. The molecular weight excluding hydrogens is 393 g/mol. The normalized spacial score (nSPS) is 15.7. The number of aryl methyl sites for hydroxylation is 1. The van der Waals surface area contributed by atoms with E-state index in [-0.39, 0.29) is 13.0 Å². The first kappa shape index (κ1) is 20.3. The predicted octanol–water partition coefficient (Wildman–Crippen LogP) is 5.76. The van der Waals surface area contributed by atoms with E-state index in [2.05, 4.69) is 0 Å². The van der Waals surface area contributed by atoms with Crippen molar-refractivity contribution in [3.63, 3.8) is 0 Å². The van der Waals surface area contributed by atoms with Crippen LogP contribution in [0.15, 0.2) is 48.0 Å². The highest BCUT2D eigenvalue weighted by Gasteiger charge is 2.39. The van der Waals surface area contributed by atoms with Gasteiger partial charge in [0.2, 0.25) is 0 Å². The first-order chi connectivity index (χ1) is 13.2. The van der Waals surface area contributed by atoms with Gasteiger partial charge in [0.25, 0.3) is 5.92 Å². The molecule has 0 saturated carbocycles. The molecule has 1 aliphatic rings. The summed E-state index contributed by atoms with van der Waals surface area (Å²) in [6, 6.07) is 10.3. The average Bonchev–Trinajstić information content (AvgIpc) is 2.94. The number of halogens is 4. The highest BCUT2D eigenvalue weighted by Crippen LogP contribution is 2.44. The lowest BCUT2D eigenvalue weighted by Crippen LogP contribution is -2.11. The van der Waals surface area contributed by atoms with Crippen molar-refractivity contribution in [3.05, 3.63) is 70.0 Å². The second kappa shape index (κ2) is 8.27. The summed E-state index contributed by atoms with van der Waals surface area (Å²) in [7, 11) is 0. The number of alkyl halides is 2. The molecule has 0 atom stereocenters. The molecule has 3 rings (SSSR count). The van der Waals surface area contributed by atoms with Crippen LogP contribution in [0.25, 0.3) is 5.57 Å². The minimum Gasteiger partial charge on any atom is -0.489 e. The van der Waals surface area contributed by atoms with Crippen LogP contribution in [0.3, 0.4) is 0 Å². The van der Waals surface area contributed by atoms with Crippen molar-refractivity contribution in [3.8, 4) is 5.75 Å². The maximum atomic E-state index is 14.0. The molecule has 28 heavy (non-hydrogen) atoms. The zero-order valence-corrected chi connectivity index (χ0v) is 15.6. The SMILES string of the molecule is O=C(O)CCc1ccc(OCC2=C(c3ccc(F)cc3)CC(F)(F)C2)cc1Cl. The molecule has 0 heterocycles. The number of hydrogen-bond donors (Lipinski definition) is 1. The summed E-state index contributed by atoms with van der Waals surface area (Å²) in [4.78, 5) is 10.7. The van der Waals surface area contributed by atoms with Crippen LogP contribution in [0, 0.1) is 5.82 Å². The Hall–Kier alpha value is -2.47. The van der Waals surface area contributed by atoms with Gasteiger partial charge in [-0.3, -0.25) is 4.79 Å². The lowest BCUT2D eigenvalue weighted by Gasteiger charge is -2.11. The standard InChI is InChI=1S/C21H18ClF3O3/c22-19-9-17(7-3-14(19)4-8-20(26)27)28-12-15-10-21(24,25)11-18(15)13-1-5-16(23)6-2-13/h1-3,5-7,9H,4,8,10-12H2,(H,26,27). The number of carbonyl (C=O) groups is 1. The Kier molecular flexibility index (Phi) is 5.98. The van der Waals surface area contributed by atoms with E-state index in [1.54, 1.807) is 18.2 Å². The zero-order chi connectivity index (χ0) is 20.3. The number of hydrogen-bond acceptors (Lipinski definition) is 2. The van der Waals surface area contributed by atoms with Crippen LogP contribution in [0.2, 0.25) is 5.02 Å². The van der Waals surface area contributed by atoms with Gasteiger partial charge in [-0.15, -0.1) is 0 Å². The highest BCUT2D eigenvalue weighted by molar-refractivity contribution is 6.31. The van der Waals surface area contributed by atoms with E-state index in [4.69, 9.17) is 21.4 Å². The molecular formula is C21H18ClF3O3. The third-order valence-electron chi connectivity index (χ3n) is 4.57. The van der Waals surface area contributed by atoms with Crippen molar-refractivity contribution < 1.29 is 27.8 Å². The Morgan fingerprint density at radius 2 is 1.86 bits per heavy atom. The topological polar surface area (TPSA) is 46.5 Å². The number of ether oxygens (including phenoxy) is 1. The third-order valence-corrected chi connectivity index (χ3v) is 4.92. The van der Waals surface area contributed by atoms with E-state index in [1.807, 2.05) is 0 Å². The summed E-state index contributed by atoms with van der Waals surface area (Å²) in [5.74, 6) is -3.80. The van der Waals surface area contributed by atoms with E-state index in [0.717, 1.165) is 0 Å². The van der Waals surface area contributed by atoms with E-state index in [9.17, 15) is 18.0 Å². The van der Waals surface area contributed by atoms with Crippen LogP contribution in [0.5, 0.6) is 5.75 Å². The van der Waals surface area contributed by atoms with Gasteiger partial charge < -0.3 is 9.84 Å². The second-order valence-electron chi connectivity index (χ2n) is 6.73. The van der Waals surface area contributed by atoms with E-state index >= 15 is 0 Å². The van der Waals surface area contributed by atoms with Crippen molar-refractivity contribution in [1.82, 2.24) is 0 Å². The largest absolute Gasteiger partial charge is 0.489 e. The second-order valence-corrected chi connectivity index (χ2v) is 7.14. The molecule has 2 aromatic rings. The molecule has 0 aromatic heterocycles. The minimum absolute atomic E-state index is 0.0346. The molecule has 0 bridgehead atoms. The molecule has 0 amide bonds. The van der Waals surface area contributed by atoms with Crippen molar-refractivity contribution in [1.29, 1.82) is 0 Å². The summed E-state index contributed by atoms with van der Waals surface area (Å²) >= 11 is 6.15. The van der Waals surface area contributed by atoms with Crippen molar-refractivity contribution in [2.45, 2.75) is 31.6 Å². The van der Waals surface area contributed by atoms with Crippen LogP contribution >= 0.6 is 11.6 Å². The Bertz CT molecular complexity index is 908. The first-order valence-electron chi connectivity index (χ1n) is 8.71. The fourth-order valence-corrected chi connectivity index (χ4v) is 3.46. The summed E-state index contributed by atoms with van der Waals surface area (Å²) in [5.41, 5.74) is 2.16. The van der Waals surface area contributed by atoms with Gasteiger partial charge in [0.05, 0.1) is 0 Å². The van der Waals surface area contributed by atoms with Gasteiger partial charge >= 0.3 is 5.97 Å². The van der Waals surface area contributed by atoms with Crippen molar-refractivity contribution in [2.24, 2.45) is 0 Å². The van der Waals surface area contributed by atoms with Gasteiger partial charge in [0.15, 0.2) is 0 Å². The zero-order valence-electron chi connectivity index (χ0n) is 14.9. The van der Waals surface area contributed by atoms with Gasteiger partial charge in [0, 0.05) is 24.3 Å². The molecule has 0 fully saturated rings. The summed E-state index contributed by atoms with van der Waals surface area (Å²) in [5, 5.41) is 9.11. The Morgan fingerprint density at radius 1 is 1.14 bits per heavy atom. The molecule has 3 nitrogen and oxygen atoms in total. The average molecular weight is 411 g/mol. The molecule has 2 aromatic carbocycles.